The summed E-state index contributed by atoms with van der Waals surface area (Å²) < 4.78 is 5.02. The summed E-state index contributed by atoms with van der Waals surface area (Å²) in [7, 11) is 0. The lowest BCUT2D eigenvalue weighted by Gasteiger charge is -2.07. The van der Waals surface area contributed by atoms with Crippen LogP contribution in [0.1, 0.15) is 15.9 Å². The van der Waals surface area contributed by atoms with Crippen molar-refractivity contribution in [1.82, 2.24) is 0 Å². The summed E-state index contributed by atoms with van der Waals surface area (Å²) in [6.07, 6.45) is 0. The van der Waals surface area contributed by atoms with Gasteiger partial charge in [0.25, 0.3) is 0 Å². The first-order valence-corrected chi connectivity index (χ1v) is 5.40. The van der Waals surface area contributed by atoms with Crippen LogP contribution in [0, 0.1) is 0 Å². The van der Waals surface area contributed by atoms with Gasteiger partial charge in [0.15, 0.2) is 0 Å². The standard InChI is InChI=1S/C14H12O4/c15-11-7-4-8-12(16)13(11)14(17)18-9-10-5-2-1-3-6-10/h1-8,15-16H,9H2. The fourth-order valence-electron chi connectivity index (χ4n) is 1.53. The Kier molecular flexibility index (Phi) is 3.48. The van der Waals surface area contributed by atoms with Crippen LogP contribution in [0.3, 0.4) is 0 Å². The van der Waals surface area contributed by atoms with Gasteiger partial charge in [-0.3, -0.25) is 0 Å². The van der Waals surface area contributed by atoms with Crippen LogP contribution < -0.4 is 0 Å². The first kappa shape index (κ1) is 12.0. The molecule has 4 nitrogen and oxygen atoms in total. The zero-order valence-electron chi connectivity index (χ0n) is 9.54. The van der Waals surface area contributed by atoms with E-state index in [-0.39, 0.29) is 23.7 Å². The van der Waals surface area contributed by atoms with Gasteiger partial charge in [0.05, 0.1) is 0 Å². The van der Waals surface area contributed by atoms with Crippen LogP contribution in [-0.2, 0) is 11.3 Å². The molecule has 0 saturated carbocycles. The van der Waals surface area contributed by atoms with E-state index in [2.05, 4.69) is 0 Å². The first-order chi connectivity index (χ1) is 8.68. The SMILES string of the molecule is O=C(OCc1ccccc1)c1c(O)cccc1O. The zero-order chi connectivity index (χ0) is 13.0. The maximum atomic E-state index is 11.7. The highest BCUT2D eigenvalue weighted by Crippen LogP contribution is 2.27. The number of aromatic hydroxyl groups is 2. The molecule has 0 heterocycles. The van der Waals surface area contributed by atoms with E-state index in [1.165, 1.54) is 18.2 Å². The molecule has 0 aromatic heterocycles. The number of carbonyl (C=O) groups excluding carboxylic acids is 1. The summed E-state index contributed by atoms with van der Waals surface area (Å²) in [5.41, 5.74) is 0.620. The molecule has 2 rings (SSSR count). The molecule has 0 saturated heterocycles. The predicted octanol–water partition coefficient (Wildman–Crippen LogP) is 2.45. The number of hydrogen-bond donors (Lipinski definition) is 2. The van der Waals surface area contributed by atoms with Crippen LogP contribution in [-0.4, -0.2) is 16.2 Å². The Hall–Kier alpha value is -2.49. The minimum Gasteiger partial charge on any atom is -0.507 e. The second kappa shape index (κ2) is 5.23. The fraction of sp³-hybridized carbons (Fsp3) is 0.0714. The van der Waals surface area contributed by atoms with E-state index in [1.54, 1.807) is 0 Å². The van der Waals surface area contributed by atoms with Gasteiger partial charge in [-0.15, -0.1) is 0 Å². The van der Waals surface area contributed by atoms with Gasteiger partial charge < -0.3 is 14.9 Å². The van der Waals surface area contributed by atoms with Crippen molar-refractivity contribution in [3.05, 3.63) is 59.7 Å². The Morgan fingerprint density at radius 1 is 0.944 bits per heavy atom. The summed E-state index contributed by atoms with van der Waals surface area (Å²) >= 11 is 0. The fourth-order valence-corrected chi connectivity index (χ4v) is 1.53. The van der Waals surface area contributed by atoms with Crippen LogP contribution in [0.2, 0.25) is 0 Å². The normalized spacial score (nSPS) is 10.0. The average Bonchev–Trinajstić information content (AvgIpc) is 2.37. The first-order valence-electron chi connectivity index (χ1n) is 5.40. The molecule has 0 radical (unpaired) electrons. The molecule has 92 valence electrons. The molecule has 0 unspecified atom stereocenters. The minimum atomic E-state index is -0.755. The molecule has 0 amide bonds. The van der Waals surface area contributed by atoms with Gasteiger partial charge in [0.2, 0.25) is 0 Å². The number of ether oxygens (including phenoxy) is 1. The lowest BCUT2D eigenvalue weighted by atomic mass is 10.2. The van der Waals surface area contributed by atoms with Crippen molar-refractivity contribution in [2.75, 3.05) is 0 Å². The third kappa shape index (κ3) is 2.60. The highest BCUT2D eigenvalue weighted by molar-refractivity contribution is 5.95. The van der Waals surface area contributed by atoms with E-state index in [0.717, 1.165) is 5.56 Å². The molecule has 4 heteroatoms. The smallest absolute Gasteiger partial charge is 0.346 e. The molecular formula is C14H12O4. The van der Waals surface area contributed by atoms with Gasteiger partial charge in [0, 0.05) is 0 Å². The molecule has 0 atom stereocenters. The van der Waals surface area contributed by atoms with Crippen molar-refractivity contribution in [2.24, 2.45) is 0 Å². The zero-order valence-corrected chi connectivity index (χ0v) is 9.54. The lowest BCUT2D eigenvalue weighted by Crippen LogP contribution is -2.05. The summed E-state index contributed by atoms with van der Waals surface area (Å²) in [5.74, 6) is -1.35. The number of phenolic OH excluding ortho intramolecular Hbond substituents is 2. The second-order valence-electron chi connectivity index (χ2n) is 3.73. The van der Waals surface area contributed by atoms with Gasteiger partial charge in [-0.05, 0) is 17.7 Å². The third-order valence-corrected chi connectivity index (χ3v) is 2.44. The van der Waals surface area contributed by atoms with Gasteiger partial charge in [-0.25, -0.2) is 4.79 Å². The molecule has 0 aliphatic carbocycles. The van der Waals surface area contributed by atoms with Crippen molar-refractivity contribution >= 4 is 5.97 Å². The van der Waals surface area contributed by atoms with Gasteiger partial charge in [-0.2, -0.15) is 0 Å². The predicted molar refractivity (Wildman–Crippen MR) is 65.3 cm³/mol. The number of phenols is 2. The largest absolute Gasteiger partial charge is 0.507 e. The summed E-state index contributed by atoms with van der Waals surface area (Å²) in [6.45, 7) is 0.0907. The van der Waals surface area contributed by atoms with Crippen LogP contribution in [0.4, 0.5) is 0 Å². The van der Waals surface area contributed by atoms with Crippen molar-refractivity contribution in [3.63, 3.8) is 0 Å². The van der Waals surface area contributed by atoms with Gasteiger partial charge >= 0.3 is 5.97 Å². The molecular weight excluding hydrogens is 232 g/mol. The molecule has 2 aromatic rings. The molecule has 0 bridgehead atoms. The Labute approximate surface area is 104 Å². The molecule has 18 heavy (non-hydrogen) atoms. The van der Waals surface area contributed by atoms with E-state index in [1.807, 2.05) is 30.3 Å². The quantitative estimate of drug-likeness (QED) is 0.814. The van der Waals surface area contributed by atoms with Gasteiger partial charge in [-0.1, -0.05) is 36.4 Å². The summed E-state index contributed by atoms with van der Waals surface area (Å²) in [5, 5.41) is 19.0. The van der Waals surface area contributed by atoms with E-state index in [9.17, 15) is 15.0 Å². The average molecular weight is 244 g/mol. The molecule has 2 N–H and O–H groups in total. The van der Waals surface area contributed by atoms with E-state index < -0.39 is 5.97 Å². The summed E-state index contributed by atoms with van der Waals surface area (Å²) in [6, 6.07) is 13.2. The maximum Gasteiger partial charge on any atom is 0.346 e. The highest BCUT2D eigenvalue weighted by Gasteiger charge is 2.17. The Balaban J connectivity index is 2.09. The second-order valence-corrected chi connectivity index (χ2v) is 3.73. The van der Waals surface area contributed by atoms with Crippen LogP contribution in [0.25, 0.3) is 0 Å². The van der Waals surface area contributed by atoms with E-state index in [4.69, 9.17) is 4.74 Å². The van der Waals surface area contributed by atoms with Crippen molar-refractivity contribution < 1.29 is 19.7 Å². The maximum absolute atomic E-state index is 11.7. The summed E-state index contributed by atoms with van der Waals surface area (Å²) in [4.78, 5) is 11.7. The Bertz CT molecular complexity index is 529. The number of hydrogen-bond acceptors (Lipinski definition) is 4. The van der Waals surface area contributed by atoms with Crippen molar-refractivity contribution in [3.8, 4) is 11.5 Å². The van der Waals surface area contributed by atoms with E-state index >= 15 is 0 Å². The number of rotatable bonds is 3. The van der Waals surface area contributed by atoms with Gasteiger partial charge in [0.1, 0.15) is 23.7 Å². The molecule has 0 fully saturated rings. The number of esters is 1. The third-order valence-electron chi connectivity index (χ3n) is 2.44. The van der Waals surface area contributed by atoms with E-state index in [0.29, 0.717) is 0 Å². The van der Waals surface area contributed by atoms with Crippen molar-refractivity contribution in [2.45, 2.75) is 6.61 Å². The minimum absolute atomic E-state index is 0.0907. The Morgan fingerprint density at radius 2 is 1.56 bits per heavy atom. The highest BCUT2D eigenvalue weighted by atomic mass is 16.5. The van der Waals surface area contributed by atoms with Crippen molar-refractivity contribution in [1.29, 1.82) is 0 Å². The molecule has 2 aromatic carbocycles. The monoisotopic (exact) mass is 244 g/mol. The number of carbonyl (C=O) groups is 1. The molecule has 0 aliphatic rings. The lowest BCUT2D eigenvalue weighted by molar-refractivity contribution is 0.0466. The molecule has 0 aliphatic heterocycles. The topological polar surface area (TPSA) is 66.8 Å². The van der Waals surface area contributed by atoms with Crippen LogP contribution in [0.15, 0.2) is 48.5 Å². The van der Waals surface area contributed by atoms with Crippen LogP contribution >= 0.6 is 0 Å². The Morgan fingerprint density at radius 3 is 2.17 bits per heavy atom. The number of benzene rings is 2. The molecule has 0 spiro atoms. The van der Waals surface area contributed by atoms with Crippen LogP contribution in [0.5, 0.6) is 11.5 Å².